The number of nitrogens with one attached hydrogen (secondary N) is 1. The Kier molecular flexibility index (Phi) is 6.09. The summed E-state index contributed by atoms with van der Waals surface area (Å²) in [4.78, 5) is 14.4. The number of hydrogen-bond donors (Lipinski definition) is 1. The summed E-state index contributed by atoms with van der Waals surface area (Å²) < 4.78 is 12.4. The van der Waals surface area contributed by atoms with E-state index in [2.05, 4.69) is 10.4 Å². The quantitative estimate of drug-likeness (QED) is 0.369. The van der Waals surface area contributed by atoms with Crippen LogP contribution in [0, 0.1) is 6.92 Å². The summed E-state index contributed by atoms with van der Waals surface area (Å²) in [5.74, 6) is 0.700. The zero-order chi connectivity index (χ0) is 22.1. The van der Waals surface area contributed by atoms with Gasteiger partial charge in [-0.1, -0.05) is 41.4 Å². The summed E-state index contributed by atoms with van der Waals surface area (Å²) in [6.45, 7) is 2.44. The predicted octanol–water partition coefficient (Wildman–Crippen LogP) is 6.03. The first kappa shape index (κ1) is 21.5. The fraction of sp³-hybridized carbons (Fsp3) is 0.182. The number of ether oxygens (including phenoxy) is 2. The summed E-state index contributed by atoms with van der Waals surface area (Å²) in [6.07, 6.45) is 0. The standard InChI is InChI=1S/C22H19Cl2N3O3S/c1-12-14-8-20(21(28)25-17-10-19(30-3)18(29-2)9-16(17)24)31-22(14)27(26-12)11-13-6-4-5-7-15(13)23/h4-10H,11H2,1-3H3,(H,25,28). The number of amides is 1. The van der Waals surface area contributed by atoms with Crippen LogP contribution < -0.4 is 14.8 Å². The molecule has 9 heteroatoms. The highest BCUT2D eigenvalue weighted by atomic mass is 35.5. The van der Waals surface area contributed by atoms with Crippen LogP contribution in [0.4, 0.5) is 5.69 Å². The van der Waals surface area contributed by atoms with Crippen molar-refractivity contribution in [1.29, 1.82) is 0 Å². The Morgan fingerprint density at radius 2 is 1.81 bits per heavy atom. The Bertz CT molecular complexity index is 1280. The molecule has 0 saturated heterocycles. The molecular weight excluding hydrogens is 457 g/mol. The Morgan fingerprint density at radius 3 is 2.52 bits per heavy atom. The molecule has 2 heterocycles. The lowest BCUT2D eigenvalue weighted by Crippen LogP contribution is -2.11. The fourth-order valence-electron chi connectivity index (χ4n) is 3.25. The van der Waals surface area contributed by atoms with Crippen LogP contribution in [-0.2, 0) is 6.54 Å². The number of benzene rings is 2. The molecule has 0 unspecified atom stereocenters. The number of nitrogens with zero attached hydrogens (tertiary/aromatic N) is 2. The number of anilines is 1. The maximum atomic E-state index is 12.9. The predicted molar refractivity (Wildman–Crippen MR) is 125 cm³/mol. The number of methoxy groups -OCH3 is 2. The van der Waals surface area contributed by atoms with Crippen molar-refractivity contribution < 1.29 is 14.3 Å². The summed E-state index contributed by atoms with van der Waals surface area (Å²) in [6, 6.07) is 12.7. The second-order valence-electron chi connectivity index (χ2n) is 6.81. The number of fused-ring (bicyclic) bond motifs is 1. The summed E-state index contributed by atoms with van der Waals surface area (Å²) >= 11 is 14.0. The Hall–Kier alpha value is -2.74. The van der Waals surface area contributed by atoms with Gasteiger partial charge in [0.1, 0.15) is 4.83 Å². The van der Waals surface area contributed by atoms with Gasteiger partial charge in [0.05, 0.1) is 42.0 Å². The minimum absolute atomic E-state index is 0.265. The van der Waals surface area contributed by atoms with Gasteiger partial charge in [-0.3, -0.25) is 9.48 Å². The zero-order valence-electron chi connectivity index (χ0n) is 17.0. The molecule has 2 aromatic carbocycles. The lowest BCUT2D eigenvalue weighted by Gasteiger charge is -2.12. The van der Waals surface area contributed by atoms with Gasteiger partial charge in [-0.25, -0.2) is 0 Å². The second-order valence-corrected chi connectivity index (χ2v) is 8.65. The number of hydrogen-bond acceptors (Lipinski definition) is 5. The first-order valence-corrected chi connectivity index (χ1v) is 10.9. The van der Waals surface area contributed by atoms with Crippen LogP contribution in [0.2, 0.25) is 10.0 Å². The third kappa shape index (κ3) is 4.21. The largest absolute Gasteiger partial charge is 0.493 e. The Labute approximate surface area is 193 Å². The number of carbonyl (C=O) groups excluding carboxylic acids is 1. The van der Waals surface area contributed by atoms with Crippen LogP contribution in [0.15, 0.2) is 42.5 Å². The van der Waals surface area contributed by atoms with Gasteiger partial charge < -0.3 is 14.8 Å². The van der Waals surface area contributed by atoms with Crippen molar-refractivity contribution in [3.8, 4) is 11.5 Å². The Morgan fingerprint density at radius 1 is 1.10 bits per heavy atom. The Balaban J connectivity index is 1.63. The maximum absolute atomic E-state index is 12.9. The number of carbonyl (C=O) groups is 1. The molecule has 0 radical (unpaired) electrons. The highest BCUT2D eigenvalue weighted by molar-refractivity contribution is 7.20. The first-order valence-electron chi connectivity index (χ1n) is 9.34. The van der Waals surface area contributed by atoms with Crippen LogP contribution >= 0.6 is 34.5 Å². The molecule has 0 aliphatic carbocycles. The number of thiophene rings is 1. The lowest BCUT2D eigenvalue weighted by atomic mass is 10.2. The van der Waals surface area contributed by atoms with Crippen molar-refractivity contribution in [3.63, 3.8) is 0 Å². The molecule has 0 bridgehead atoms. The van der Waals surface area contributed by atoms with Gasteiger partial charge in [0.15, 0.2) is 11.5 Å². The summed E-state index contributed by atoms with van der Waals surface area (Å²) in [5.41, 5.74) is 2.25. The van der Waals surface area contributed by atoms with E-state index in [-0.39, 0.29) is 5.91 Å². The van der Waals surface area contributed by atoms with E-state index in [9.17, 15) is 4.79 Å². The molecule has 2 aromatic heterocycles. The smallest absolute Gasteiger partial charge is 0.265 e. The molecule has 1 amide bonds. The minimum Gasteiger partial charge on any atom is -0.493 e. The van der Waals surface area contributed by atoms with Gasteiger partial charge in [0.25, 0.3) is 5.91 Å². The van der Waals surface area contributed by atoms with E-state index in [0.29, 0.717) is 38.7 Å². The molecule has 0 atom stereocenters. The molecule has 4 aromatic rings. The van der Waals surface area contributed by atoms with Gasteiger partial charge in [0.2, 0.25) is 0 Å². The minimum atomic E-state index is -0.265. The molecule has 0 aliphatic rings. The first-order chi connectivity index (χ1) is 14.9. The molecular formula is C22H19Cl2N3O3S. The van der Waals surface area contributed by atoms with Gasteiger partial charge in [0, 0.05) is 22.5 Å². The van der Waals surface area contributed by atoms with E-state index in [1.54, 1.807) is 12.1 Å². The van der Waals surface area contributed by atoms with E-state index in [0.717, 1.165) is 21.5 Å². The molecule has 1 N–H and O–H groups in total. The van der Waals surface area contributed by atoms with Crippen LogP contribution in [0.25, 0.3) is 10.2 Å². The third-order valence-electron chi connectivity index (χ3n) is 4.83. The number of aryl methyl sites for hydroxylation is 1. The monoisotopic (exact) mass is 475 g/mol. The number of halogens is 2. The molecule has 0 spiro atoms. The van der Waals surface area contributed by atoms with Gasteiger partial charge in [-0.05, 0) is 24.6 Å². The molecule has 31 heavy (non-hydrogen) atoms. The normalized spacial score (nSPS) is 11.0. The van der Waals surface area contributed by atoms with E-state index >= 15 is 0 Å². The summed E-state index contributed by atoms with van der Waals surface area (Å²) in [5, 5.41) is 9.43. The van der Waals surface area contributed by atoms with Crippen molar-refractivity contribution in [2.75, 3.05) is 19.5 Å². The average Bonchev–Trinajstić information content (AvgIpc) is 3.32. The van der Waals surface area contributed by atoms with Crippen molar-refractivity contribution >= 4 is 56.3 Å². The topological polar surface area (TPSA) is 65.4 Å². The second kappa shape index (κ2) is 8.78. The molecule has 0 saturated carbocycles. The molecule has 6 nitrogen and oxygen atoms in total. The fourth-order valence-corrected chi connectivity index (χ4v) is 4.71. The summed E-state index contributed by atoms with van der Waals surface area (Å²) in [7, 11) is 3.05. The van der Waals surface area contributed by atoms with Crippen LogP contribution in [0.5, 0.6) is 11.5 Å². The lowest BCUT2D eigenvalue weighted by molar-refractivity contribution is 0.103. The van der Waals surface area contributed by atoms with Crippen molar-refractivity contribution in [1.82, 2.24) is 9.78 Å². The van der Waals surface area contributed by atoms with E-state index in [4.69, 9.17) is 32.7 Å². The third-order valence-corrected chi connectivity index (χ3v) is 6.66. The molecule has 0 fully saturated rings. The van der Waals surface area contributed by atoms with Crippen molar-refractivity contribution in [2.45, 2.75) is 13.5 Å². The highest BCUT2D eigenvalue weighted by Crippen LogP contribution is 2.37. The average molecular weight is 476 g/mol. The van der Waals surface area contributed by atoms with E-state index in [1.807, 2.05) is 41.9 Å². The molecule has 4 rings (SSSR count). The number of aromatic nitrogens is 2. The van der Waals surface area contributed by atoms with Gasteiger partial charge in [-0.2, -0.15) is 5.10 Å². The van der Waals surface area contributed by atoms with Crippen molar-refractivity contribution in [2.24, 2.45) is 0 Å². The van der Waals surface area contributed by atoms with Crippen LogP contribution in [0.3, 0.4) is 0 Å². The maximum Gasteiger partial charge on any atom is 0.265 e. The number of rotatable bonds is 6. The highest BCUT2D eigenvalue weighted by Gasteiger charge is 2.19. The molecule has 0 aliphatic heterocycles. The van der Waals surface area contributed by atoms with E-state index in [1.165, 1.54) is 25.6 Å². The van der Waals surface area contributed by atoms with Crippen LogP contribution in [0.1, 0.15) is 20.9 Å². The van der Waals surface area contributed by atoms with Crippen LogP contribution in [-0.4, -0.2) is 29.9 Å². The van der Waals surface area contributed by atoms with Crippen molar-refractivity contribution in [3.05, 3.63) is 68.6 Å². The molecule has 160 valence electrons. The van der Waals surface area contributed by atoms with Gasteiger partial charge >= 0.3 is 0 Å². The van der Waals surface area contributed by atoms with Gasteiger partial charge in [-0.15, -0.1) is 11.3 Å². The SMILES string of the molecule is COc1cc(Cl)c(NC(=O)c2cc3c(C)nn(Cc4ccccc4Cl)c3s2)cc1OC. The van der Waals surface area contributed by atoms with E-state index < -0.39 is 0 Å². The zero-order valence-corrected chi connectivity index (χ0v) is 19.4.